The van der Waals surface area contributed by atoms with Gasteiger partial charge in [-0.25, -0.2) is 28.8 Å². The van der Waals surface area contributed by atoms with Gasteiger partial charge in [0.05, 0.1) is 34.8 Å². The number of hydrogen-bond donors (Lipinski definition) is 6. The average molecular weight is 777 g/mol. The Hall–Kier alpha value is -6.76. The number of amides is 2. The van der Waals surface area contributed by atoms with Crippen molar-refractivity contribution in [1.29, 1.82) is 10.5 Å². The van der Waals surface area contributed by atoms with E-state index in [4.69, 9.17) is 11.5 Å². The van der Waals surface area contributed by atoms with Gasteiger partial charge in [-0.2, -0.15) is 10.5 Å². The van der Waals surface area contributed by atoms with Gasteiger partial charge in [-0.1, -0.05) is 59.9 Å². The molecule has 0 bridgehead atoms. The van der Waals surface area contributed by atoms with Crippen molar-refractivity contribution >= 4 is 69.0 Å². The molecule has 0 saturated carbocycles. The molecule has 2 heterocycles. The number of anilines is 2. The fourth-order valence-corrected chi connectivity index (χ4v) is 6.68. The molecule has 8 N–H and O–H groups in total. The molecule has 55 heavy (non-hydrogen) atoms. The van der Waals surface area contributed by atoms with Crippen molar-refractivity contribution in [3.8, 4) is 12.1 Å². The first kappa shape index (κ1) is 38.0. The predicted molar refractivity (Wildman–Crippen MR) is 210 cm³/mol. The van der Waals surface area contributed by atoms with Gasteiger partial charge in [0.25, 0.3) is 0 Å². The average Bonchev–Trinajstić information content (AvgIpc) is 3.17. The fourth-order valence-electron chi connectivity index (χ4n) is 5.30. The highest BCUT2D eigenvalue weighted by atomic mass is 32.2. The van der Waals surface area contributed by atoms with E-state index in [1.165, 1.54) is 24.3 Å². The third kappa shape index (κ3) is 10.2. The standard InChI is InChI=1S/C37H30F2N12O2S2/c38-26-7-1-20(2-8-26)32-46-34(42)50-36(48-32)54-18-30(52)44-28-11-5-22(24(14-28)16-40)13-23-6-12-29(15-25(23)17-41)45-31(53)19-55-37-49-33(47-35(43)51-37)21-3-9-27(39)10-4-21/h1-12,14-15,32-33H,13,18-19H2,(H,44,52)(H,45,53)(H3,42,46,48,50)(H3,43,47,49,51)/t32-,33+. The maximum atomic E-state index is 13.3. The maximum absolute atomic E-state index is 13.3. The highest BCUT2D eigenvalue weighted by Gasteiger charge is 2.20. The smallest absolute Gasteiger partial charge is 0.234 e. The lowest BCUT2D eigenvalue weighted by Gasteiger charge is -2.19. The van der Waals surface area contributed by atoms with E-state index in [1.807, 2.05) is 0 Å². The number of guanidine groups is 2. The molecule has 0 aliphatic carbocycles. The van der Waals surface area contributed by atoms with Crippen LogP contribution in [0.5, 0.6) is 0 Å². The summed E-state index contributed by atoms with van der Waals surface area (Å²) >= 11 is 2.21. The maximum Gasteiger partial charge on any atom is 0.234 e. The molecular weight excluding hydrogens is 747 g/mol. The van der Waals surface area contributed by atoms with E-state index in [-0.39, 0.29) is 53.3 Å². The molecule has 0 spiro atoms. The minimum absolute atomic E-state index is 0.0287. The predicted octanol–water partition coefficient (Wildman–Crippen LogP) is 4.59. The lowest BCUT2D eigenvalue weighted by molar-refractivity contribution is -0.114. The van der Waals surface area contributed by atoms with Crippen LogP contribution in [0, 0.1) is 34.3 Å². The molecule has 2 aliphatic rings. The second kappa shape index (κ2) is 17.4. The Labute approximate surface area is 321 Å². The van der Waals surface area contributed by atoms with Crippen LogP contribution in [-0.2, 0) is 16.0 Å². The van der Waals surface area contributed by atoms with E-state index < -0.39 is 12.3 Å². The second-order valence-electron chi connectivity index (χ2n) is 11.8. The summed E-state index contributed by atoms with van der Waals surface area (Å²) in [5.41, 5.74) is 15.8. The van der Waals surface area contributed by atoms with E-state index in [0.29, 0.717) is 55.1 Å². The molecular formula is C37H30F2N12O2S2. The van der Waals surface area contributed by atoms with Crippen LogP contribution in [0.3, 0.4) is 0 Å². The summed E-state index contributed by atoms with van der Waals surface area (Å²) in [4.78, 5) is 43.0. The molecule has 0 aromatic heterocycles. The van der Waals surface area contributed by atoms with Crippen LogP contribution in [0.4, 0.5) is 20.2 Å². The monoisotopic (exact) mass is 776 g/mol. The summed E-state index contributed by atoms with van der Waals surface area (Å²) in [6.07, 6.45) is -1.12. The topological polar surface area (TPSA) is 231 Å². The summed E-state index contributed by atoms with van der Waals surface area (Å²) < 4.78 is 26.7. The first-order valence-corrected chi connectivity index (χ1v) is 18.3. The third-order valence-corrected chi connectivity index (χ3v) is 9.67. The minimum atomic E-state index is -0.680. The number of thioether (sulfide) groups is 2. The number of nitrogens with zero attached hydrogens (tertiary/aromatic N) is 6. The molecule has 14 nitrogen and oxygen atoms in total. The Bertz CT molecular complexity index is 2170. The van der Waals surface area contributed by atoms with Crippen LogP contribution in [0.2, 0.25) is 0 Å². The number of rotatable bonds is 10. The molecule has 0 unspecified atom stereocenters. The van der Waals surface area contributed by atoms with Gasteiger partial charge >= 0.3 is 0 Å². The van der Waals surface area contributed by atoms with Crippen LogP contribution in [0.25, 0.3) is 0 Å². The molecule has 18 heteroatoms. The first-order valence-electron chi connectivity index (χ1n) is 16.3. The van der Waals surface area contributed by atoms with Crippen LogP contribution < -0.4 is 32.7 Å². The largest absolute Gasteiger partial charge is 0.370 e. The van der Waals surface area contributed by atoms with Gasteiger partial charge in [0.15, 0.2) is 34.6 Å². The number of nitriles is 2. The number of carbonyl (C=O) groups is 2. The van der Waals surface area contributed by atoms with Crippen LogP contribution in [0.15, 0.2) is 105 Å². The SMILES string of the molecule is N#Cc1cc(NC(=O)CSC2=N[C@H](c3ccc(F)cc3)N=C(N)N2)ccc1Cc1ccc(NC(=O)CSC2=N[C@@H](c3ccc(F)cc3)N=C(N)N2)cc1C#N. The number of benzene rings is 4. The number of halogens is 2. The van der Waals surface area contributed by atoms with Crippen molar-refractivity contribution in [2.75, 3.05) is 22.1 Å². The molecule has 276 valence electrons. The normalized spacial score (nSPS) is 16.1. The zero-order chi connectivity index (χ0) is 38.9. The van der Waals surface area contributed by atoms with Gasteiger partial charge in [0, 0.05) is 17.8 Å². The lowest BCUT2D eigenvalue weighted by atomic mass is 9.96. The molecule has 2 aliphatic heterocycles. The number of nitrogens with one attached hydrogen (secondary N) is 4. The van der Waals surface area contributed by atoms with E-state index in [0.717, 1.165) is 23.5 Å². The van der Waals surface area contributed by atoms with Crippen molar-refractivity contribution < 1.29 is 18.4 Å². The number of nitrogens with two attached hydrogens (primary N) is 2. The van der Waals surface area contributed by atoms with Crippen molar-refractivity contribution in [1.82, 2.24) is 10.6 Å². The van der Waals surface area contributed by atoms with Crippen molar-refractivity contribution in [2.45, 2.75) is 18.8 Å². The fraction of sp³-hybridized carbons (Fsp3) is 0.135. The third-order valence-electron chi connectivity index (χ3n) is 7.90. The van der Waals surface area contributed by atoms with Gasteiger partial charge in [-0.15, -0.1) is 0 Å². The first-order chi connectivity index (χ1) is 26.5. The molecule has 0 saturated heterocycles. The molecule has 4 aromatic carbocycles. The zero-order valence-electron chi connectivity index (χ0n) is 28.6. The van der Waals surface area contributed by atoms with Crippen LogP contribution in [-0.4, -0.2) is 45.6 Å². The lowest BCUT2D eigenvalue weighted by Crippen LogP contribution is -2.39. The van der Waals surface area contributed by atoms with E-state index in [9.17, 15) is 28.9 Å². The Morgan fingerprint density at radius 3 is 1.44 bits per heavy atom. The van der Waals surface area contributed by atoms with Gasteiger partial charge in [0.1, 0.15) is 11.6 Å². The van der Waals surface area contributed by atoms with Crippen molar-refractivity contribution in [3.63, 3.8) is 0 Å². The summed E-state index contributed by atoms with van der Waals surface area (Å²) in [5, 5.41) is 31.7. The Balaban J connectivity index is 1.02. The Morgan fingerprint density at radius 2 is 1.05 bits per heavy atom. The quantitative estimate of drug-likeness (QED) is 0.131. The van der Waals surface area contributed by atoms with Crippen LogP contribution >= 0.6 is 23.5 Å². The molecule has 0 radical (unpaired) electrons. The number of amidine groups is 2. The highest BCUT2D eigenvalue weighted by molar-refractivity contribution is 8.14. The van der Waals surface area contributed by atoms with E-state index in [2.05, 4.69) is 53.4 Å². The van der Waals surface area contributed by atoms with Gasteiger partial charge in [-0.3, -0.25) is 9.59 Å². The molecule has 2 atom stereocenters. The van der Waals surface area contributed by atoms with E-state index >= 15 is 0 Å². The molecule has 0 fully saturated rings. The number of carbonyl (C=O) groups excluding carboxylic acids is 2. The van der Waals surface area contributed by atoms with Gasteiger partial charge in [-0.05, 0) is 70.8 Å². The molecule has 6 rings (SSSR count). The summed E-state index contributed by atoms with van der Waals surface area (Å²) in [6.45, 7) is 0. The Kier molecular flexibility index (Phi) is 12.0. The zero-order valence-corrected chi connectivity index (χ0v) is 30.2. The van der Waals surface area contributed by atoms with E-state index in [1.54, 1.807) is 60.7 Å². The van der Waals surface area contributed by atoms with Gasteiger partial charge in [0.2, 0.25) is 11.8 Å². The van der Waals surface area contributed by atoms with Crippen LogP contribution in [0.1, 0.15) is 45.7 Å². The second-order valence-corrected chi connectivity index (χ2v) is 13.7. The van der Waals surface area contributed by atoms with Crippen molar-refractivity contribution in [3.05, 3.63) is 130 Å². The number of hydrogen-bond acceptors (Lipinski definition) is 14. The summed E-state index contributed by atoms with van der Waals surface area (Å²) in [5.74, 6) is -1.33. The molecule has 2 amide bonds. The minimum Gasteiger partial charge on any atom is -0.370 e. The molecule has 4 aromatic rings. The highest BCUT2D eigenvalue weighted by Crippen LogP contribution is 2.26. The van der Waals surface area contributed by atoms with Gasteiger partial charge < -0.3 is 32.7 Å². The Morgan fingerprint density at radius 1 is 0.655 bits per heavy atom. The summed E-state index contributed by atoms with van der Waals surface area (Å²) in [6, 6.07) is 25.6. The van der Waals surface area contributed by atoms with Crippen molar-refractivity contribution in [2.24, 2.45) is 31.4 Å². The summed E-state index contributed by atoms with van der Waals surface area (Å²) in [7, 11) is 0. The number of aliphatic imine (C=N–C) groups is 4.